The number of benzene rings is 1. The van der Waals surface area contributed by atoms with Gasteiger partial charge in [-0.25, -0.2) is 18.2 Å². The Morgan fingerprint density at radius 1 is 0.970 bits per heavy atom. The molecule has 3 aromatic rings. The number of H-pyrrole nitrogens is 1. The summed E-state index contributed by atoms with van der Waals surface area (Å²) in [6.07, 6.45) is -0.253. The van der Waals surface area contributed by atoms with E-state index in [2.05, 4.69) is 15.0 Å². The van der Waals surface area contributed by atoms with E-state index in [4.69, 9.17) is 14.2 Å². The number of aliphatic hydroxyl groups is 1. The lowest BCUT2D eigenvalue weighted by molar-refractivity contribution is 0.00706. The molecule has 3 saturated heterocycles. The first kappa shape index (κ1) is 20.7. The number of anilines is 1. The minimum Gasteiger partial charge on any atom is -0.456 e. The molecule has 8 nitrogen and oxygen atoms in total. The average molecular weight is 462 g/mol. The normalized spacial score (nSPS) is 27.0. The molecule has 2 aromatic heterocycles. The molecule has 33 heavy (non-hydrogen) atoms. The predicted octanol–water partition coefficient (Wildman–Crippen LogP) is 2.55. The van der Waals surface area contributed by atoms with Crippen LogP contribution in [-0.2, 0) is 9.47 Å². The van der Waals surface area contributed by atoms with E-state index >= 15 is 0 Å². The number of hydrogen-bond donors (Lipinski definition) is 2. The van der Waals surface area contributed by atoms with Crippen molar-refractivity contribution < 1.29 is 32.5 Å². The fourth-order valence-corrected chi connectivity index (χ4v) is 4.76. The maximum absolute atomic E-state index is 14.9. The van der Waals surface area contributed by atoms with Gasteiger partial charge in [0.05, 0.1) is 24.3 Å². The topological polar surface area (TPSA) is 92.7 Å². The van der Waals surface area contributed by atoms with Crippen molar-refractivity contribution in [2.45, 2.75) is 37.3 Å². The SMILES string of the molecule is O[C@@H]1CO[C@H]2[C@@H]1OC[C@H]2Oc1nc2nc(-c3c(F)cc(N4CCCC4)cc3F)c(F)cc2[nH]1. The first-order valence-corrected chi connectivity index (χ1v) is 10.9. The summed E-state index contributed by atoms with van der Waals surface area (Å²) in [5.41, 5.74) is -0.312. The smallest absolute Gasteiger partial charge is 0.296 e. The third-order valence-corrected chi connectivity index (χ3v) is 6.38. The van der Waals surface area contributed by atoms with E-state index in [1.165, 1.54) is 12.1 Å². The Morgan fingerprint density at radius 3 is 2.45 bits per heavy atom. The number of halogens is 3. The van der Waals surface area contributed by atoms with Gasteiger partial charge in [0.25, 0.3) is 6.01 Å². The van der Waals surface area contributed by atoms with Gasteiger partial charge in [-0.05, 0) is 25.0 Å². The van der Waals surface area contributed by atoms with Crippen LogP contribution in [0.25, 0.3) is 22.4 Å². The number of nitrogens with one attached hydrogen (secondary N) is 1. The third kappa shape index (κ3) is 3.51. The van der Waals surface area contributed by atoms with Crippen LogP contribution in [-0.4, -0.2) is 70.8 Å². The number of rotatable bonds is 4. The molecule has 1 aromatic carbocycles. The summed E-state index contributed by atoms with van der Waals surface area (Å²) in [6.45, 7) is 1.80. The second-order valence-corrected chi connectivity index (χ2v) is 8.53. The van der Waals surface area contributed by atoms with Gasteiger partial charge in [-0.2, -0.15) is 4.98 Å². The summed E-state index contributed by atoms with van der Waals surface area (Å²) < 4.78 is 61.4. The standard InChI is InChI=1S/C22H21F3N4O4/c23-11-5-10(29-3-1-2-4-29)6-12(24)17(11)18-13(25)7-14-21(27-18)28-22(26-14)33-16-9-32-19-15(30)8-31-20(16)19/h5-7,15-16,19-20,30H,1-4,8-9H2,(H,26,27,28)/t15-,16-,19-,20-/m1/s1. The van der Waals surface area contributed by atoms with Gasteiger partial charge in [0.15, 0.2) is 17.6 Å². The number of nitrogens with zero attached hydrogens (tertiary/aromatic N) is 3. The second-order valence-electron chi connectivity index (χ2n) is 8.53. The largest absolute Gasteiger partial charge is 0.456 e. The maximum Gasteiger partial charge on any atom is 0.296 e. The second kappa shape index (κ2) is 7.86. The molecule has 4 atom stereocenters. The van der Waals surface area contributed by atoms with Crippen LogP contribution < -0.4 is 9.64 Å². The molecule has 5 heterocycles. The summed E-state index contributed by atoms with van der Waals surface area (Å²) in [6, 6.07) is 3.54. The van der Waals surface area contributed by atoms with E-state index in [0.717, 1.165) is 32.0 Å². The van der Waals surface area contributed by atoms with Gasteiger partial charge in [0.2, 0.25) is 0 Å². The van der Waals surface area contributed by atoms with Crippen LogP contribution >= 0.6 is 0 Å². The van der Waals surface area contributed by atoms with Crippen molar-refractivity contribution in [1.82, 2.24) is 15.0 Å². The molecule has 0 amide bonds. The molecule has 0 bridgehead atoms. The van der Waals surface area contributed by atoms with Crippen LogP contribution in [0.3, 0.4) is 0 Å². The number of aromatic amines is 1. The molecule has 0 spiro atoms. The van der Waals surface area contributed by atoms with Crippen molar-refractivity contribution in [3.05, 3.63) is 35.7 Å². The number of fused-ring (bicyclic) bond motifs is 2. The fourth-order valence-electron chi connectivity index (χ4n) is 4.76. The maximum atomic E-state index is 14.9. The van der Waals surface area contributed by atoms with Crippen LogP contribution in [0.1, 0.15) is 12.8 Å². The van der Waals surface area contributed by atoms with Crippen molar-refractivity contribution in [3.8, 4) is 17.3 Å². The van der Waals surface area contributed by atoms with E-state index in [-0.39, 0.29) is 30.4 Å². The van der Waals surface area contributed by atoms with Gasteiger partial charge >= 0.3 is 0 Å². The van der Waals surface area contributed by atoms with E-state index in [1.54, 1.807) is 0 Å². The molecule has 6 rings (SSSR count). The van der Waals surface area contributed by atoms with Gasteiger partial charge in [-0.3, -0.25) is 0 Å². The number of ether oxygens (including phenoxy) is 3. The van der Waals surface area contributed by atoms with Crippen molar-refractivity contribution >= 4 is 16.9 Å². The van der Waals surface area contributed by atoms with Crippen LogP contribution in [0.5, 0.6) is 6.01 Å². The Balaban J connectivity index is 1.30. The molecule has 0 saturated carbocycles. The first-order chi connectivity index (χ1) is 16.0. The number of aliphatic hydroxyl groups excluding tert-OH is 1. The summed E-state index contributed by atoms with van der Waals surface area (Å²) >= 11 is 0. The Labute approximate surface area is 186 Å². The van der Waals surface area contributed by atoms with Crippen LogP contribution in [0.2, 0.25) is 0 Å². The third-order valence-electron chi connectivity index (χ3n) is 6.38. The molecular weight excluding hydrogens is 441 g/mol. The zero-order chi connectivity index (χ0) is 22.7. The van der Waals surface area contributed by atoms with Gasteiger partial charge in [-0.1, -0.05) is 0 Å². The lowest BCUT2D eigenvalue weighted by Gasteiger charge is -2.18. The van der Waals surface area contributed by atoms with Crippen molar-refractivity contribution in [2.24, 2.45) is 0 Å². The average Bonchev–Trinajstić information content (AvgIpc) is 3.55. The molecule has 0 aliphatic carbocycles. The molecule has 0 radical (unpaired) electrons. The summed E-state index contributed by atoms with van der Waals surface area (Å²) in [5, 5.41) is 9.85. The van der Waals surface area contributed by atoms with Crippen LogP contribution in [0.15, 0.2) is 18.2 Å². The number of imidazole rings is 1. The van der Waals surface area contributed by atoms with E-state index < -0.39 is 53.1 Å². The van der Waals surface area contributed by atoms with E-state index in [1.807, 2.05) is 4.90 Å². The predicted molar refractivity (Wildman–Crippen MR) is 111 cm³/mol. The molecule has 174 valence electrons. The molecule has 0 unspecified atom stereocenters. The Morgan fingerprint density at radius 2 is 1.70 bits per heavy atom. The highest BCUT2D eigenvalue weighted by atomic mass is 19.1. The van der Waals surface area contributed by atoms with Crippen molar-refractivity contribution in [3.63, 3.8) is 0 Å². The fraction of sp³-hybridized carbons (Fsp3) is 0.455. The lowest BCUT2D eigenvalue weighted by atomic mass is 10.1. The van der Waals surface area contributed by atoms with Crippen LogP contribution in [0, 0.1) is 17.5 Å². The summed E-state index contributed by atoms with van der Waals surface area (Å²) in [7, 11) is 0. The van der Waals surface area contributed by atoms with Gasteiger partial charge < -0.3 is 29.2 Å². The summed E-state index contributed by atoms with van der Waals surface area (Å²) in [5.74, 6) is -2.67. The molecular formula is C22H21F3N4O4. The van der Waals surface area contributed by atoms with Crippen molar-refractivity contribution in [1.29, 1.82) is 0 Å². The van der Waals surface area contributed by atoms with E-state index in [9.17, 15) is 18.3 Å². The van der Waals surface area contributed by atoms with Gasteiger partial charge in [-0.15, -0.1) is 0 Å². The number of pyridine rings is 1. The quantitative estimate of drug-likeness (QED) is 0.616. The van der Waals surface area contributed by atoms with Gasteiger partial charge in [0.1, 0.15) is 35.6 Å². The Kier molecular flexibility index (Phi) is 4.93. The first-order valence-electron chi connectivity index (χ1n) is 10.9. The monoisotopic (exact) mass is 462 g/mol. The number of hydrogen-bond acceptors (Lipinski definition) is 7. The van der Waals surface area contributed by atoms with Gasteiger partial charge in [0, 0.05) is 24.8 Å². The summed E-state index contributed by atoms with van der Waals surface area (Å²) in [4.78, 5) is 13.0. The molecule has 3 fully saturated rings. The van der Waals surface area contributed by atoms with Crippen molar-refractivity contribution in [2.75, 3.05) is 31.2 Å². The highest BCUT2D eigenvalue weighted by molar-refractivity contribution is 5.77. The Bertz CT molecular complexity index is 1190. The minimum absolute atomic E-state index is 0.0404. The highest BCUT2D eigenvalue weighted by Gasteiger charge is 2.48. The molecule has 2 N–H and O–H groups in total. The molecule has 11 heteroatoms. The van der Waals surface area contributed by atoms with Crippen LogP contribution in [0.4, 0.5) is 18.9 Å². The zero-order valence-electron chi connectivity index (χ0n) is 17.4. The molecule has 3 aliphatic heterocycles. The Hall–Kier alpha value is -2.89. The lowest BCUT2D eigenvalue weighted by Crippen LogP contribution is -2.34. The molecule has 3 aliphatic rings. The zero-order valence-corrected chi connectivity index (χ0v) is 17.4. The van der Waals surface area contributed by atoms with E-state index in [0.29, 0.717) is 5.69 Å². The number of aromatic nitrogens is 3. The minimum atomic E-state index is -0.893. The highest BCUT2D eigenvalue weighted by Crippen LogP contribution is 2.34.